The van der Waals surface area contributed by atoms with E-state index in [1.165, 1.54) is 11.8 Å². The van der Waals surface area contributed by atoms with E-state index in [9.17, 15) is 4.79 Å². The van der Waals surface area contributed by atoms with Gasteiger partial charge in [-0.2, -0.15) is 15.0 Å². The summed E-state index contributed by atoms with van der Waals surface area (Å²) in [5.41, 5.74) is 8.41. The van der Waals surface area contributed by atoms with E-state index >= 15 is 0 Å². The van der Waals surface area contributed by atoms with Crippen molar-refractivity contribution in [1.82, 2.24) is 24.5 Å². The molecule has 0 fully saturated rings. The third-order valence-corrected chi connectivity index (χ3v) is 6.44. The fourth-order valence-corrected chi connectivity index (χ4v) is 4.60. The third kappa shape index (κ3) is 5.15. The lowest BCUT2D eigenvalue weighted by Gasteiger charge is -2.16. The van der Waals surface area contributed by atoms with E-state index in [2.05, 4.69) is 20.3 Å². The van der Waals surface area contributed by atoms with Gasteiger partial charge < -0.3 is 11.1 Å². The van der Waals surface area contributed by atoms with Crippen LogP contribution in [-0.2, 0) is 6.54 Å². The predicted octanol–water partition coefficient (Wildman–Crippen LogP) is 4.81. The molecular formula is C26H23N7OS. The van der Waals surface area contributed by atoms with Gasteiger partial charge in [-0.3, -0.25) is 9.36 Å². The van der Waals surface area contributed by atoms with Gasteiger partial charge in [-0.05, 0) is 36.8 Å². The third-order valence-electron chi connectivity index (χ3n) is 5.36. The Bertz CT molecular complexity index is 1520. The van der Waals surface area contributed by atoms with Crippen LogP contribution < -0.4 is 16.6 Å². The molecule has 5 aromatic rings. The maximum absolute atomic E-state index is 13.4. The molecule has 3 aromatic carbocycles. The molecule has 0 saturated carbocycles. The van der Waals surface area contributed by atoms with Crippen molar-refractivity contribution >= 4 is 40.2 Å². The average Bonchev–Trinajstić information content (AvgIpc) is 2.87. The Morgan fingerprint density at radius 1 is 0.886 bits per heavy atom. The van der Waals surface area contributed by atoms with Crippen LogP contribution >= 0.6 is 11.8 Å². The van der Waals surface area contributed by atoms with Crippen LogP contribution in [0.2, 0.25) is 0 Å². The van der Waals surface area contributed by atoms with E-state index in [0.29, 0.717) is 34.4 Å². The Morgan fingerprint density at radius 2 is 1.57 bits per heavy atom. The van der Waals surface area contributed by atoms with E-state index in [1.807, 2.05) is 85.8 Å². The van der Waals surface area contributed by atoms with Crippen molar-refractivity contribution < 1.29 is 0 Å². The molecule has 2 heterocycles. The van der Waals surface area contributed by atoms with E-state index in [1.54, 1.807) is 10.6 Å². The fraction of sp³-hybridized carbons (Fsp3) is 0.115. The maximum Gasteiger partial charge on any atom is 0.262 e. The van der Waals surface area contributed by atoms with Crippen molar-refractivity contribution in [3.63, 3.8) is 0 Å². The van der Waals surface area contributed by atoms with Crippen molar-refractivity contribution in [1.29, 1.82) is 0 Å². The Morgan fingerprint density at radius 3 is 2.34 bits per heavy atom. The molecule has 35 heavy (non-hydrogen) atoms. The molecule has 8 nitrogen and oxygen atoms in total. The number of anilines is 3. The molecule has 2 aromatic heterocycles. The van der Waals surface area contributed by atoms with E-state index in [0.717, 1.165) is 11.3 Å². The van der Waals surface area contributed by atoms with Crippen molar-refractivity contribution in [2.45, 2.75) is 23.9 Å². The number of nitrogens with zero attached hydrogens (tertiary/aromatic N) is 5. The molecule has 0 aliphatic heterocycles. The molecule has 5 rings (SSSR count). The SMILES string of the molecule is CC(Sc1nc2ccccc2c(=O)n1Cc1ccccc1)c1nc(N)nc(Nc2ccccc2)n1. The van der Waals surface area contributed by atoms with Gasteiger partial charge in [0.1, 0.15) is 5.82 Å². The first-order chi connectivity index (χ1) is 17.1. The van der Waals surface area contributed by atoms with Crippen LogP contribution in [0.3, 0.4) is 0 Å². The summed E-state index contributed by atoms with van der Waals surface area (Å²) in [4.78, 5) is 31.4. The number of fused-ring (bicyclic) bond motifs is 1. The number of hydrogen-bond acceptors (Lipinski definition) is 8. The zero-order valence-corrected chi connectivity index (χ0v) is 19.8. The molecular weight excluding hydrogens is 458 g/mol. The van der Waals surface area contributed by atoms with Gasteiger partial charge in [-0.25, -0.2) is 4.98 Å². The van der Waals surface area contributed by atoms with Crippen LogP contribution in [0.4, 0.5) is 17.6 Å². The Kier molecular flexibility index (Phi) is 6.40. The summed E-state index contributed by atoms with van der Waals surface area (Å²) in [7, 11) is 0. The van der Waals surface area contributed by atoms with Crippen LogP contribution in [0.1, 0.15) is 23.6 Å². The van der Waals surface area contributed by atoms with Crippen LogP contribution in [0.5, 0.6) is 0 Å². The first kappa shape index (κ1) is 22.5. The fourth-order valence-electron chi connectivity index (χ4n) is 3.65. The predicted molar refractivity (Wildman–Crippen MR) is 140 cm³/mol. The number of nitrogens with two attached hydrogens (primary N) is 1. The topological polar surface area (TPSA) is 112 Å². The monoisotopic (exact) mass is 481 g/mol. The van der Waals surface area contributed by atoms with Gasteiger partial charge in [0.2, 0.25) is 11.9 Å². The number of rotatable bonds is 7. The zero-order chi connectivity index (χ0) is 24.2. The maximum atomic E-state index is 13.4. The lowest BCUT2D eigenvalue weighted by Crippen LogP contribution is -2.24. The minimum absolute atomic E-state index is 0.0873. The van der Waals surface area contributed by atoms with Gasteiger partial charge >= 0.3 is 0 Å². The summed E-state index contributed by atoms with van der Waals surface area (Å²) in [6, 6.07) is 26.8. The summed E-state index contributed by atoms with van der Waals surface area (Å²) in [6.45, 7) is 2.37. The highest BCUT2D eigenvalue weighted by atomic mass is 32.2. The molecule has 0 aliphatic rings. The molecule has 0 spiro atoms. The Balaban J connectivity index is 1.50. The standard InChI is InChI=1S/C26H23N7OS/c1-17(22-30-24(27)32-25(31-22)28-19-12-6-3-7-13-19)35-26-29-21-15-9-8-14-20(21)23(34)33(26)16-18-10-4-2-5-11-18/h2-15,17H,16H2,1H3,(H3,27,28,30,31,32). The number of benzene rings is 3. The van der Waals surface area contributed by atoms with Crippen LogP contribution in [0.25, 0.3) is 10.9 Å². The van der Waals surface area contributed by atoms with Gasteiger partial charge in [0.25, 0.3) is 5.56 Å². The van der Waals surface area contributed by atoms with Crippen molar-refractivity contribution in [3.05, 3.63) is 107 Å². The minimum atomic E-state index is -0.244. The summed E-state index contributed by atoms with van der Waals surface area (Å²) in [5, 5.41) is 4.08. The molecule has 1 unspecified atom stereocenters. The number of thioether (sulfide) groups is 1. The molecule has 3 N–H and O–H groups in total. The van der Waals surface area contributed by atoms with E-state index in [4.69, 9.17) is 10.7 Å². The average molecular weight is 482 g/mol. The van der Waals surface area contributed by atoms with Gasteiger partial charge in [0, 0.05) is 5.69 Å². The quantitative estimate of drug-likeness (QED) is 0.252. The zero-order valence-electron chi connectivity index (χ0n) is 19.0. The molecule has 9 heteroatoms. The Labute approximate surface area is 206 Å². The van der Waals surface area contributed by atoms with E-state index in [-0.39, 0.29) is 16.8 Å². The van der Waals surface area contributed by atoms with Crippen molar-refractivity contribution in [2.24, 2.45) is 0 Å². The highest BCUT2D eigenvalue weighted by molar-refractivity contribution is 7.99. The van der Waals surface area contributed by atoms with Crippen LogP contribution in [0.15, 0.2) is 94.9 Å². The van der Waals surface area contributed by atoms with Crippen LogP contribution in [-0.4, -0.2) is 24.5 Å². The highest BCUT2D eigenvalue weighted by Crippen LogP contribution is 2.33. The lowest BCUT2D eigenvalue weighted by atomic mass is 10.2. The number of hydrogen-bond donors (Lipinski definition) is 2. The summed E-state index contributed by atoms with van der Waals surface area (Å²) in [6.07, 6.45) is 0. The van der Waals surface area contributed by atoms with Gasteiger partial charge in [-0.15, -0.1) is 0 Å². The smallest absolute Gasteiger partial charge is 0.262 e. The molecule has 0 radical (unpaired) electrons. The summed E-state index contributed by atoms with van der Waals surface area (Å²) < 4.78 is 1.70. The second-order valence-corrected chi connectivity index (χ2v) is 9.22. The van der Waals surface area contributed by atoms with E-state index < -0.39 is 0 Å². The number of aromatic nitrogens is 5. The first-order valence-electron chi connectivity index (χ1n) is 11.1. The molecule has 174 valence electrons. The number of nitrogens with one attached hydrogen (secondary N) is 1. The minimum Gasteiger partial charge on any atom is -0.368 e. The second kappa shape index (κ2) is 9.94. The van der Waals surface area contributed by atoms with Gasteiger partial charge in [-0.1, -0.05) is 72.4 Å². The number of nitrogen functional groups attached to an aromatic ring is 1. The highest BCUT2D eigenvalue weighted by Gasteiger charge is 2.19. The van der Waals surface area contributed by atoms with Gasteiger partial charge in [0.15, 0.2) is 5.16 Å². The Hall–Kier alpha value is -4.24. The largest absolute Gasteiger partial charge is 0.368 e. The van der Waals surface area contributed by atoms with Crippen molar-refractivity contribution in [3.8, 4) is 0 Å². The lowest BCUT2D eigenvalue weighted by molar-refractivity contribution is 0.656. The number of para-hydroxylation sites is 2. The van der Waals surface area contributed by atoms with Gasteiger partial charge in [0.05, 0.1) is 22.7 Å². The summed E-state index contributed by atoms with van der Waals surface area (Å²) in [5.74, 6) is 0.975. The summed E-state index contributed by atoms with van der Waals surface area (Å²) >= 11 is 1.41. The van der Waals surface area contributed by atoms with Crippen molar-refractivity contribution in [2.75, 3.05) is 11.1 Å². The molecule has 0 amide bonds. The molecule has 1 atom stereocenters. The molecule has 0 saturated heterocycles. The molecule has 0 bridgehead atoms. The first-order valence-corrected chi connectivity index (χ1v) is 12.0. The van der Waals surface area contributed by atoms with Crippen LogP contribution in [0, 0.1) is 0 Å². The normalized spacial score (nSPS) is 11.9. The molecule has 0 aliphatic carbocycles. The second-order valence-electron chi connectivity index (χ2n) is 7.91.